The predicted octanol–water partition coefficient (Wildman–Crippen LogP) is 2.54. The number of nitrogens with one attached hydrogen (secondary N) is 2. The molecule has 0 radical (unpaired) electrons. The molecule has 20 heavy (non-hydrogen) atoms. The number of rotatable bonds is 4. The van der Waals surface area contributed by atoms with Crippen LogP contribution in [-0.4, -0.2) is 20.9 Å². The first kappa shape index (κ1) is 13.1. The van der Waals surface area contributed by atoms with Crippen LogP contribution >= 0.6 is 0 Å². The summed E-state index contributed by atoms with van der Waals surface area (Å²) in [5, 5.41) is 3.03. The van der Waals surface area contributed by atoms with Crippen LogP contribution in [0, 0.1) is 5.41 Å². The number of aromatic nitrogens is 3. The van der Waals surface area contributed by atoms with Crippen LogP contribution in [0.15, 0.2) is 18.3 Å². The molecular weight excluding hydrogens is 252 g/mol. The largest absolute Gasteiger partial charge is 0.348 e. The Labute approximate surface area is 118 Å². The van der Waals surface area contributed by atoms with Gasteiger partial charge in [0.2, 0.25) is 5.91 Å². The zero-order valence-electron chi connectivity index (χ0n) is 11.8. The van der Waals surface area contributed by atoms with E-state index >= 15 is 0 Å². The molecule has 0 unspecified atom stereocenters. The van der Waals surface area contributed by atoms with E-state index in [0.29, 0.717) is 12.2 Å². The minimum Gasteiger partial charge on any atom is -0.348 e. The minimum atomic E-state index is -0.149. The topological polar surface area (TPSA) is 70.7 Å². The van der Waals surface area contributed by atoms with Crippen molar-refractivity contribution < 1.29 is 4.79 Å². The number of imidazole rings is 1. The highest BCUT2D eigenvalue weighted by Crippen LogP contribution is 2.41. The van der Waals surface area contributed by atoms with Gasteiger partial charge in [-0.05, 0) is 31.4 Å². The van der Waals surface area contributed by atoms with Gasteiger partial charge in [-0.1, -0.05) is 19.8 Å². The molecule has 5 heteroatoms. The third kappa shape index (κ3) is 2.28. The fourth-order valence-corrected chi connectivity index (χ4v) is 3.12. The summed E-state index contributed by atoms with van der Waals surface area (Å²) in [6.45, 7) is 2.55. The van der Waals surface area contributed by atoms with Crippen molar-refractivity contribution in [3.05, 3.63) is 24.2 Å². The average molecular weight is 272 g/mol. The summed E-state index contributed by atoms with van der Waals surface area (Å²) in [5.74, 6) is 0.933. The number of hydrogen-bond donors (Lipinski definition) is 2. The van der Waals surface area contributed by atoms with Gasteiger partial charge in [0.25, 0.3) is 0 Å². The Morgan fingerprint density at radius 3 is 2.95 bits per heavy atom. The summed E-state index contributed by atoms with van der Waals surface area (Å²) in [6, 6.07) is 3.80. The Balaban J connectivity index is 1.68. The molecule has 3 rings (SSSR count). The standard InChI is InChI=1S/C15H20N4O/c1-2-15(7-3-4-8-15)14(20)17-10-12-18-11-6-5-9-16-13(11)19-12/h5-6,9H,2-4,7-8,10H2,1H3,(H,17,20)(H,16,18,19). The molecule has 2 aromatic rings. The van der Waals surface area contributed by atoms with Gasteiger partial charge in [0.1, 0.15) is 5.82 Å². The molecule has 106 valence electrons. The molecule has 2 aromatic heterocycles. The summed E-state index contributed by atoms with van der Waals surface area (Å²) in [6.07, 6.45) is 6.98. The van der Waals surface area contributed by atoms with Crippen LogP contribution in [0.3, 0.4) is 0 Å². The Morgan fingerprint density at radius 2 is 2.25 bits per heavy atom. The minimum absolute atomic E-state index is 0.149. The Hall–Kier alpha value is -1.91. The van der Waals surface area contributed by atoms with E-state index in [1.165, 1.54) is 0 Å². The second-order valence-corrected chi connectivity index (χ2v) is 5.58. The Kier molecular flexibility index (Phi) is 3.42. The number of carbonyl (C=O) groups is 1. The number of carbonyl (C=O) groups excluding carboxylic acids is 1. The first-order chi connectivity index (χ1) is 9.73. The first-order valence-electron chi connectivity index (χ1n) is 7.31. The predicted molar refractivity (Wildman–Crippen MR) is 76.9 cm³/mol. The van der Waals surface area contributed by atoms with Crippen molar-refractivity contribution in [2.45, 2.75) is 45.6 Å². The molecule has 1 amide bonds. The van der Waals surface area contributed by atoms with Crippen molar-refractivity contribution in [1.82, 2.24) is 20.3 Å². The van der Waals surface area contributed by atoms with Gasteiger partial charge >= 0.3 is 0 Å². The molecule has 0 aliphatic heterocycles. The summed E-state index contributed by atoms with van der Waals surface area (Å²) >= 11 is 0. The lowest BCUT2D eigenvalue weighted by atomic mass is 9.82. The van der Waals surface area contributed by atoms with Crippen LogP contribution in [0.5, 0.6) is 0 Å². The fraction of sp³-hybridized carbons (Fsp3) is 0.533. The van der Waals surface area contributed by atoms with Crippen LogP contribution in [0.25, 0.3) is 11.2 Å². The van der Waals surface area contributed by atoms with Crippen LogP contribution in [0.2, 0.25) is 0 Å². The number of pyridine rings is 1. The molecule has 1 aliphatic carbocycles. The van der Waals surface area contributed by atoms with Crippen molar-refractivity contribution in [3.8, 4) is 0 Å². The quantitative estimate of drug-likeness (QED) is 0.898. The van der Waals surface area contributed by atoms with Crippen LogP contribution in [-0.2, 0) is 11.3 Å². The lowest BCUT2D eigenvalue weighted by Crippen LogP contribution is -2.38. The van der Waals surface area contributed by atoms with E-state index in [4.69, 9.17) is 0 Å². The van der Waals surface area contributed by atoms with Crippen molar-refractivity contribution in [2.24, 2.45) is 5.41 Å². The fourth-order valence-electron chi connectivity index (χ4n) is 3.12. The highest BCUT2D eigenvalue weighted by molar-refractivity contribution is 5.82. The molecule has 0 atom stereocenters. The van der Waals surface area contributed by atoms with Crippen molar-refractivity contribution in [3.63, 3.8) is 0 Å². The molecule has 0 aromatic carbocycles. The van der Waals surface area contributed by atoms with Gasteiger partial charge in [-0.3, -0.25) is 4.79 Å². The van der Waals surface area contributed by atoms with Crippen molar-refractivity contribution in [1.29, 1.82) is 0 Å². The summed E-state index contributed by atoms with van der Waals surface area (Å²) in [7, 11) is 0. The number of fused-ring (bicyclic) bond motifs is 1. The molecule has 1 fully saturated rings. The van der Waals surface area contributed by atoms with E-state index in [1.807, 2.05) is 12.1 Å². The van der Waals surface area contributed by atoms with Gasteiger partial charge in [-0.25, -0.2) is 9.97 Å². The monoisotopic (exact) mass is 272 g/mol. The summed E-state index contributed by atoms with van der Waals surface area (Å²) < 4.78 is 0. The molecule has 1 aliphatic rings. The van der Waals surface area contributed by atoms with Gasteiger partial charge in [-0.15, -0.1) is 0 Å². The Bertz CT molecular complexity index is 580. The van der Waals surface area contributed by atoms with E-state index in [1.54, 1.807) is 6.20 Å². The number of H-pyrrole nitrogens is 1. The molecule has 2 N–H and O–H groups in total. The van der Waals surface area contributed by atoms with E-state index < -0.39 is 0 Å². The highest BCUT2D eigenvalue weighted by Gasteiger charge is 2.39. The summed E-state index contributed by atoms with van der Waals surface area (Å²) in [5.41, 5.74) is 1.45. The zero-order valence-corrected chi connectivity index (χ0v) is 11.8. The van der Waals surface area contributed by atoms with Crippen LogP contribution in [0.4, 0.5) is 0 Å². The normalized spacial score (nSPS) is 17.4. The maximum absolute atomic E-state index is 12.4. The first-order valence-corrected chi connectivity index (χ1v) is 7.31. The second-order valence-electron chi connectivity index (χ2n) is 5.58. The maximum Gasteiger partial charge on any atom is 0.226 e. The molecule has 2 heterocycles. The zero-order chi connectivity index (χ0) is 14.0. The van der Waals surface area contributed by atoms with E-state index in [2.05, 4.69) is 27.2 Å². The summed E-state index contributed by atoms with van der Waals surface area (Å²) in [4.78, 5) is 24.2. The van der Waals surface area contributed by atoms with Crippen LogP contribution in [0.1, 0.15) is 44.9 Å². The number of aromatic amines is 1. The van der Waals surface area contributed by atoms with E-state index in [9.17, 15) is 4.79 Å². The van der Waals surface area contributed by atoms with Crippen molar-refractivity contribution in [2.75, 3.05) is 0 Å². The molecule has 0 bridgehead atoms. The Morgan fingerprint density at radius 1 is 1.45 bits per heavy atom. The maximum atomic E-state index is 12.4. The van der Waals surface area contributed by atoms with E-state index in [-0.39, 0.29) is 11.3 Å². The van der Waals surface area contributed by atoms with Crippen molar-refractivity contribution >= 4 is 17.1 Å². The smallest absolute Gasteiger partial charge is 0.226 e. The van der Waals surface area contributed by atoms with Gasteiger partial charge in [-0.2, -0.15) is 0 Å². The average Bonchev–Trinajstić information content (AvgIpc) is 3.11. The van der Waals surface area contributed by atoms with Crippen LogP contribution < -0.4 is 5.32 Å². The molecular formula is C15H20N4O. The third-order valence-electron chi connectivity index (χ3n) is 4.44. The van der Waals surface area contributed by atoms with E-state index in [0.717, 1.165) is 43.4 Å². The number of hydrogen-bond acceptors (Lipinski definition) is 3. The highest BCUT2D eigenvalue weighted by atomic mass is 16.2. The van der Waals surface area contributed by atoms with Gasteiger partial charge in [0.15, 0.2) is 5.65 Å². The molecule has 5 nitrogen and oxygen atoms in total. The molecule has 0 saturated heterocycles. The third-order valence-corrected chi connectivity index (χ3v) is 4.44. The molecule has 0 spiro atoms. The second kappa shape index (κ2) is 5.23. The number of amides is 1. The lowest BCUT2D eigenvalue weighted by Gasteiger charge is -2.25. The van der Waals surface area contributed by atoms with Gasteiger partial charge in [0.05, 0.1) is 12.1 Å². The molecule has 1 saturated carbocycles. The number of nitrogens with zero attached hydrogens (tertiary/aromatic N) is 2. The lowest BCUT2D eigenvalue weighted by molar-refractivity contribution is -0.131. The SMILES string of the molecule is CCC1(C(=O)NCc2nc3ncccc3[nH]2)CCCC1. The van der Waals surface area contributed by atoms with Gasteiger partial charge < -0.3 is 10.3 Å². The van der Waals surface area contributed by atoms with Gasteiger partial charge in [0, 0.05) is 11.6 Å².